The fourth-order valence-electron chi connectivity index (χ4n) is 2.96. The van der Waals surface area contributed by atoms with E-state index in [0.717, 1.165) is 0 Å². The average Bonchev–Trinajstić information content (AvgIpc) is 3.70. The van der Waals surface area contributed by atoms with E-state index >= 15 is 0 Å². The number of nitrogens with zero attached hydrogens (tertiary/aromatic N) is 2. The molecule has 0 N–H and O–H groups in total. The molecular weight excluding hydrogens is 550 g/mol. The van der Waals surface area contributed by atoms with Crippen LogP contribution in [0.2, 0.25) is 0 Å². The van der Waals surface area contributed by atoms with Gasteiger partial charge in [0.25, 0.3) is 0 Å². The van der Waals surface area contributed by atoms with Crippen LogP contribution in [0.15, 0.2) is 122 Å². The third-order valence-electron chi connectivity index (χ3n) is 4.69. The maximum atomic E-state index is 13.1. The van der Waals surface area contributed by atoms with Crippen molar-refractivity contribution in [2.24, 2.45) is 0 Å². The van der Waals surface area contributed by atoms with Crippen molar-refractivity contribution in [3.05, 3.63) is 169 Å². The first-order valence-corrected chi connectivity index (χ1v) is 11.1. The maximum absolute atomic E-state index is 13.1. The Morgan fingerprint density at radius 3 is 1.03 bits per heavy atom. The van der Waals surface area contributed by atoms with E-state index in [1.165, 1.54) is 48.5 Å². The van der Waals surface area contributed by atoms with E-state index in [9.17, 15) is 26.3 Å². The van der Waals surface area contributed by atoms with Gasteiger partial charge in [-0.25, -0.2) is 41.8 Å². The van der Waals surface area contributed by atoms with Crippen molar-refractivity contribution < 1.29 is 48.1 Å². The SMILES string of the molecule is F[c-]1cccc1.F[c-]1cccc1.Fc1[c-]c(F)c(-n2cccc2)cc1.Fc1[c-]c(F)c(-n2cccc2)cc1.[Ti+4]. The summed E-state index contributed by atoms with van der Waals surface area (Å²) in [5.41, 5.74) is 0.595. The molecule has 2 nitrogen and oxygen atoms in total. The van der Waals surface area contributed by atoms with Crippen LogP contribution in [-0.2, 0) is 21.7 Å². The molecule has 0 fully saturated rings. The standard InChI is InChI=1S/2C10H6F2N.2C5H4F.Ti/c2*11-8-3-4-10(9(12)7-8)13-5-1-2-6-13;2*6-5-3-1-2-4-5;/h2*1-6H;2*1-4H;/q4*-1;+4. The third kappa shape index (κ3) is 10.3. The van der Waals surface area contributed by atoms with Crippen LogP contribution in [0.4, 0.5) is 26.3 Å². The molecule has 2 aromatic heterocycles. The second-order valence-corrected chi connectivity index (χ2v) is 7.40. The van der Waals surface area contributed by atoms with Crippen molar-refractivity contribution in [3.8, 4) is 11.4 Å². The Balaban J connectivity index is 0.000000192. The molecule has 0 spiro atoms. The van der Waals surface area contributed by atoms with Crippen LogP contribution in [0.25, 0.3) is 11.4 Å². The molecule has 0 saturated carbocycles. The summed E-state index contributed by atoms with van der Waals surface area (Å²) in [5, 5.41) is 0. The van der Waals surface area contributed by atoms with Gasteiger partial charge in [0.15, 0.2) is 0 Å². The smallest absolute Gasteiger partial charge is 0.375 e. The molecule has 0 unspecified atom stereocenters. The Morgan fingerprint density at radius 2 is 0.795 bits per heavy atom. The molecule has 6 rings (SSSR count). The minimum atomic E-state index is -0.687. The van der Waals surface area contributed by atoms with Gasteiger partial charge in [-0.05, 0) is 60.4 Å². The second-order valence-electron chi connectivity index (χ2n) is 7.40. The molecule has 0 bridgehead atoms. The quantitative estimate of drug-likeness (QED) is 0.113. The van der Waals surface area contributed by atoms with Gasteiger partial charge in [-0.2, -0.15) is 0 Å². The van der Waals surface area contributed by atoms with E-state index < -0.39 is 23.3 Å². The molecule has 0 aliphatic heterocycles. The number of rotatable bonds is 2. The summed E-state index contributed by atoms with van der Waals surface area (Å²) >= 11 is 0. The van der Waals surface area contributed by atoms with Gasteiger partial charge in [0, 0.05) is 34.9 Å². The second kappa shape index (κ2) is 16.1. The first kappa shape index (κ1) is 31.2. The molecule has 39 heavy (non-hydrogen) atoms. The van der Waals surface area contributed by atoms with Crippen molar-refractivity contribution >= 4 is 0 Å². The molecule has 2 heterocycles. The molecular formula is C30H20F6N2Ti. The summed E-state index contributed by atoms with van der Waals surface area (Å²) in [7, 11) is 0. The molecule has 196 valence electrons. The van der Waals surface area contributed by atoms with Gasteiger partial charge in [0.2, 0.25) is 0 Å². The van der Waals surface area contributed by atoms with Crippen molar-refractivity contribution in [1.29, 1.82) is 0 Å². The topological polar surface area (TPSA) is 9.86 Å². The third-order valence-corrected chi connectivity index (χ3v) is 4.69. The summed E-state index contributed by atoms with van der Waals surface area (Å²) in [6.45, 7) is 0. The number of aromatic nitrogens is 2. The van der Waals surface area contributed by atoms with Gasteiger partial charge in [-0.15, -0.1) is 60.7 Å². The first-order valence-electron chi connectivity index (χ1n) is 11.1. The minimum absolute atomic E-state index is 0. The van der Waals surface area contributed by atoms with E-state index in [0.29, 0.717) is 11.4 Å². The predicted molar refractivity (Wildman–Crippen MR) is 133 cm³/mol. The Morgan fingerprint density at radius 1 is 0.487 bits per heavy atom. The Kier molecular flexibility index (Phi) is 12.9. The molecule has 0 aliphatic carbocycles. The summed E-state index contributed by atoms with van der Waals surface area (Å²) in [5.74, 6) is -3.06. The minimum Gasteiger partial charge on any atom is -0.375 e. The Labute approximate surface area is 237 Å². The molecule has 0 saturated heterocycles. The van der Waals surface area contributed by atoms with Crippen LogP contribution in [0.3, 0.4) is 0 Å². The summed E-state index contributed by atoms with van der Waals surface area (Å²) < 4.78 is 77.6. The van der Waals surface area contributed by atoms with Gasteiger partial charge < -0.3 is 9.13 Å². The summed E-state index contributed by atoms with van der Waals surface area (Å²) in [4.78, 5) is 0. The largest absolute Gasteiger partial charge is 4.00 e. The average molecular weight is 570 g/mol. The van der Waals surface area contributed by atoms with Crippen molar-refractivity contribution in [2.45, 2.75) is 0 Å². The van der Waals surface area contributed by atoms with Gasteiger partial charge in [-0.3, -0.25) is 8.78 Å². The summed E-state index contributed by atoms with van der Waals surface area (Å²) in [6, 6.07) is 28.4. The van der Waals surface area contributed by atoms with Crippen LogP contribution in [-0.4, -0.2) is 9.13 Å². The van der Waals surface area contributed by atoms with Gasteiger partial charge >= 0.3 is 21.7 Å². The van der Waals surface area contributed by atoms with E-state index in [1.54, 1.807) is 82.5 Å². The maximum Gasteiger partial charge on any atom is 4.00 e. The number of benzene rings is 2. The molecule has 9 heteroatoms. The van der Waals surface area contributed by atoms with E-state index in [2.05, 4.69) is 0 Å². The van der Waals surface area contributed by atoms with Gasteiger partial charge in [-0.1, -0.05) is 0 Å². The fourth-order valence-corrected chi connectivity index (χ4v) is 2.96. The monoisotopic (exact) mass is 570 g/mol. The van der Waals surface area contributed by atoms with Gasteiger partial charge in [0.05, 0.1) is 0 Å². The van der Waals surface area contributed by atoms with Crippen LogP contribution >= 0.6 is 0 Å². The molecule has 4 aromatic carbocycles. The fraction of sp³-hybridized carbons (Fsp3) is 0. The Hall–Kier alpha value is -4.01. The van der Waals surface area contributed by atoms with Crippen LogP contribution < -0.4 is 0 Å². The zero-order valence-electron chi connectivity index (χ0n) is 20.2. The Bertz CT molecular complexity index is 1350. The zero-order valence-corrected chi connectivity index (χ0v) is 21.8. The van der Waals surface area contributed by atoms with Crippen LogP contribution in [0.1, 0.15) is 0 Å². The normalized spacial score (nSPS) is 9.59. The predicted octanol–water partition coefficient (Wildman–Crippen LogP) is 8.20. The summed E-state index contributed by atoms with van der Waals surface area (Å²) in [6.07, 6.45) is 6.74. The number of halogens is 6. The van der Waals surface area contributed by atoms with E-state index in [1.807, 2.05) is 12.1 Å². The molecule has 6 aromatic rings. The van der Waals surface area contributed by atoms with E-state index in [-0.39, 0.29) is 33.4 Å². The zero-order chi connectivity index (χ0) is 27.3. The molecule has 0 aliphatic rings. The van der Waals surface area contributed by atoms with Crippen molar-refractivity contribution in [1.82, 2.24) is 9.13 Å². The van der Waals surface area contributed by atoms with Crippen molar-refractivity contribution in [3.63, 3.8) is 0 Å². The van der Waals surface area contributed by atoms with E-state index in [4.69, 9.17) is 0 Å². The molecule has 0 radical (unpaired) electrons. The van der Waals surface area contributed by atoms with Crippen molar-refractivity contribution in [2.75, 3.05) is 0 Å². The van der Waals surface area contributed by atoms with Crippen LogP contribution in [0.5, 0.6) is 0 Å². The molecule has 0 amide bonds. The first-order chi connectivity index (χ1) is 18.3. The van der Waals surface area contributed by atoms with Gasteiger partial charge in [0.1, 0.15) is 0 Å². The molecule has 0 atom stereocenters. The van der Waals surface area contributed by atoms with Crippen LogP contribution in [0, 0.1) is 47.0 Å². The number of hydrogen-bond acceptors (Lipinski definition) is 0. The number of hydrogen-bond donors (Lipinski definition) is 0.